The van der Waals surface area contributed by atoms with Gasteiger partial charge in [0.25, 0.3) is 0 Å². The van der Waals surface area contributed by atoms with E-state index in [0.717, 1.165) is 12.5 Å². The number of nitrogens with two attached hydrogens (primary N) is 1. The van der Waals surface area contributed by atoms with Crippen LogP contribution < -0.4 is 16.4 Å². The molecule has 0 aliphatic rings. The molecule has 0 unspecified atom stereocenters. The summed E-state index contributed by atoms with van der Waals surface area (Å²) in [5.41, 5.74) is 6.36. The van der Waals surface area contributed by atoms with Gasteiger partial charge in [-0.1, -0.05) is 31.9 Å². The molecule has 0 spiro atoms. The maximum absolute atomic E-state index is 11.1. The number of carbonyl (C=O) groups excluding carboxylic acids is 3. The molecule has 0 radical (unpaired) electrons. The maximum atomic E-state index is 11.1. The number of hydrogen-bond donors (Lipinski definition) is 3. The van der Waals surface area contributed by atoms with Gasteiger partial charge in [-0.3, -0.25) is 14.4 Å². The highest BCUT2D eigenvalue weighted by atomic mass is 35.5. The van der Waals surface area contributed by atoms with E-state index < -0.39 is 23.1 Å². The van der Waals surface area contributed by atoms with Crippen LogP contribution in [0.4, 0.5) is 0 Å². The molecule has 0 aliphatic carbocycles. The van der Waals surface area contributed by atoms with Crippen molar-refractivity contribution in [2.24, 2.45) is 5.73 Å². The molecule has 0 aliphatic heterocycles. The lowest BCUT2D eigenvalue weighted by Gasteiger charge is -2.22. The lowest BCUT2D eigenvalue weighted by Crippen LogP contribution is -2.37. The summed E-state index contributed by atoms with van der Waals surface area (Å²) in [7, 11) is 3.54. The Labute approximate surface area is 250 Å². The van der Waals surface area contributed by atoms with Crippen LogP contribution in [0.5, 0.6) is 0 Å². The minimum Gasteiger partial charge on any atom is -0.400 e. The van der Waals surface area contributed by atoms with Crippen LogP contribution in [0.1, 0.15) is 27.2 Å². The third-order valence-electron chi connectivity index (χ3n) is 4.31. The largest absolute Gasteiger partial charge is 0.400 e. The van der Waals surface area contributed by atoms with Gasteiger partial charge in [-0.15, -0.1) is 13.2 Å². The molecule has 0 atom stereocenters. The van der Waals surface area contributed by atoms with Crippen LogP contribution in [-0.2, 0) is 32.1 Å². The Morgan fingerprint density at radius 3 is 1.48 bits per heavy atom. The second kappa shape index (κ2) is 33.0. The van der Waals surface area contributed by atoms with Gasteiger partial charge in [-0.2, -0.15) is 0 Å². The van der Waals surface area contributed by atoms with Crippen LogP contribution in [0.25, 0.3) is 0 Å². The summed E-state index contributed by atoms with van der Waals surface area (Å²) < 4.78 is 20.3. The first-order chi connectivity index (χ1) is 18.5. The van der Waals surface area contributed by atoms with Gasteiger partial charge in [0, 0.05) is 64.8 Å². The molecule has 4 N–H and O–H groups in total. The summed E-state index contributed by atoms with van der Waals surface area (Å²) in [6.07, 6.45) is 4.14. The summed E-state index contributed by atoms with van der Waals surface area (Å²) in [4.78, 5) is 31.6. The first kappa shape index (κ1) is 47.6. The molecule has 40 heavy (non-hydrogen) atoms. The average Bonchev–Trinajstić information content (AvgIpc) is 2.94. The Bertz CT molecular complexity index is 746. The number of nitrogens with one attached hydrogen (secondary N) is 2. The van der Waals surface area contributed by atoms with Crippen LogP contribution in [0, 0.1) is 0 Å². The van der Waals surface area contributed by atoms with Crippen LogP contribution in [0.2, 0.25) is 19.1 Å². The molecular weight excluding hydrogens is 570 g/mol. The number of rotatable bonds is 14. The van der Waals surface area contributed by atoms with Crippen LogP contribution in [-0.4, -0.2) is 83.0 Å². The molecule has 234 valence electrons. The van der Waals surface area contributed by atoms with Crippen LogP contribution >= 0.6 is 11.6 Å². The molecule has 0 heterocycles. The Kier molecular flexibility index (Phi) is 39.3. The standard InChI is InChI=1S/C10H21NO3Si.C7H11NO.C4H5ClO.C3H7N.C3H10O2Si/c1-9(2)10(12)11-7-6-8-15(5,13-3)14-4;1-4-5-8-7(9)6(2)3;1-3(2)4(5)6;1-2-3-4;1-4-6(3)5-2/h1,6-8H2,2-5H3,(H,11,12);4H,1-2,5H2,3H3,(H,8,9);1H2,2H3;2H,1,3-4H2;6H,1-3H3. The van der Waals surface area contributed by atoms with E-state index in [2.05, 4.69) is 43.5 Å². The molecule has 0 aromatic carbocycles. The Morgan fingerprint density at radius 2 is 1.25 bits per heavy atom. The smallest absolute Gasteiger partial charge is 0.334 e. The molecule has 0 rings (SSSR count). The van der Waals surface area contributed by atoms with Crippen molar-refractivity contribution in [3.8, 4) is 0 Å². The third-order valence-corrected chi connectivity index (χ3v) is 8.94. The Morgan fingerprint density at radius 1 is 0.875 bits per heavy atom. The van der Waals surface area contributed by atoms with E-state index in [-0.39, 0.29) is 11.8 Å². The molecule has 13 heteroatoms. The van der Waals surface area contributed by atoms with Crippen molar-refractivity contribution in [1.29, 1.82) is 0 Å². The number of carbonyl (C=O) groups is 3. The second-order valence-corrected chi connectivity index (χ2v) is 14.1. The van der Waals surface area contributed by atoms with Crippen molar-refractivity contribution >= 4 is 46.5 Å². The third kappa shape index (κ3) is 40.3. The number of amides is 2. The van der Waals surface area contributed by atoms with Gasteiger partial charge in [0.2, 0.25) is 17.1 Å². The fourth-order valence-electron chi connectivity index (χ4n) is 1.46. The summed E-state index contributed by atoms with van der Waals surface area (Å²) in [5.74, 6) is -0.205. The van der Waals surface area contributed by atoms with Crippen molar-refractivity contribution in [3.05, 3.63) is 61.8 Å². The van der Waals surface area contributed by atoms with E-state index in [1.54, 1.807) is 61.4 Å². The van der Waals surface area contributed by atoms with Crippen molar-refractivity contribution in [3.63, 3.8) is 0 Å². The van der Waals surface area contributed by atoms with E-state index in [9.17, 15) is 14.4 Å². The van der Waals surface area contributed by atoms with Crippen molar-refractivity contribution in [1.82, 2.24) is 10.6 Å². The van der Waals surface area contributed by atoms with E-state index in [1.807, 2.05) is 13.1 Å². The fourth-order valence-corrected chi connectivity index (χ4v) is 3.05. The second-order valence-electron chi connectivity index (χ2n) is 8.08. The van der Waals surface area contributed by atoms with Crippen LogP contribution in [0.3, 0.4) is 0 Å². The van der Waals surface area contributed by atoms with Gasteiger partial charge in [-0.25, -0.2) is 0 Å². The first-order valence-corrected chi connectivity index (χ1v) is 17.3. The topological polar surface area (TPSA) is 138 Å². The zero-order valence-corrected chi connectivity index (χ0v) is 29.0. The Hall–Kier alpha value is -2.17. The normalized spacial score (nSPS) is 9.30. The molecule has 2 amide bonds. The van der Waals surface area contributed by atoms with E-state index >= 15 is 0 Å². The van der Waals surface area contributed by atoms with Crippen molar-refractivity contribution in [2.75, 3.05) is 48.1 Å². The Balaban J connectivity index is -0.000000139. The van der Waals surface area contributed by atoms with Gasteiger partial charge in [0.1, 0.15) is 0 Å². The average molecular weight is 624 g/mol. The van der Waals surface area contributed by atoms with Crippen LogP contribution in [0.15, 0.2) is 61.8 Å². The number of allylic oxidation sites excluding steroid dienone is 1. The van der Waals surface area contributed by atoms with Gasteiger partial charge < -0.3 is 34.1 Å². The van der Waals surface area contributed by atoms with Gasteiger partial charge in [0.15, 0.2) is 0 Å². The summed E-state index contributed by atoms with van der Waals surface area (Å²) >= 11 is 4.87. The predicted octanol–water partition coefficient (Wildman–Crippen LogP) is 3.89. The highest BCUT2D eigenvalue weighted by Crippen LogP contribution is 2.12. The highest BCUT2D eigenvalue weighted by Gasteiger charge is 2.27. The zero-order chi connectivity index (χ0) is 32.7. The quantitative estimate of drug-likeness (QED) is 0.0871. The number of hydrogen-bond acceptors (Lipinski definition) is 8. The highest BCUT2D eigenvalue weighted by molar-refractivity contribution is 6.67. The summed E-state index contributed by atoms with van der Waals surface area (Å²) in [6.45, 7) is 27.7. The molecule has 0 saturated carbocycles. The molecule has 0 aromatic rings. The summed E-state index contributed by atoms with van der Waals surface area (Å²) in [6, 6.07) is 0.871. The fraction of sp³-hybridized carbons (Fsp3) is 0.519. The zero-order valence-electron chi connectivity index (χ0n) is 26.1. The SMILES string of the molecule is C=C(C)C(=O)Cl.C=C(C)C(=O)NCCC[Si](C)(OC)OC.C=CCN.C=CCNC(=O)C(=C)C.CO[SiH](C)OC. The monoisotopic (exact) mass is 623 g/mol. The minimum absolute atomic E-state index is 0.0896. The van der Waals surface area contributed by atoms with Gasteiger partial charge in [-0.05, 0) is 57.9 Å². The molecule has 0 saturated heterocycles. The molecule has 0 fully saturated rings. The van der Waals surface area contributed by atoms with E-state index in [1.165, 1.54) is 0 Å². The van der Waals surface area contributed by atoms with E-state index in [0.29, 0.717) is 36.4 Å². The first-order valence-electron chi connectivity index (χ1n) is 12.3. The molecule has 0 bridgehead atoms. The summed E-state index contributed by atoms with van der Waals surface area (Å²) in [5, 5.41) is 4.89. The predicted molar refractivity (Wildman–Crippen MR) is 173 cm³/mol. The van der Waals surface area contributed by atoms with Crippen molar-refractivity contribution < 1.29 is 32.1 Å². The molecule has 0 aromatic heterocycles. The van der Waals surface area contributed by atoms with Crippen molar-refractivity contribution in [2.45, 2.75) is 46.3 Å². The maximum Gasteiger partial charge on any atom is 0.334 e. The lowest BCUT2D eigenvalue weighted by molar-refractivity contribution is -0.118. The number of halogens is 1. The molecular formula is C27H54ClN3O7Si2. The molecule has 10 nitrogen and oxygen atoms in total. The minimum atomic E-state index is -1.97. The van der Waals surface area contributed by atoms with Gasteiger partial charge >= 0.3 is 17.8 Å². The lowest BCUT2D eigenvalue weighted by atomic mass is 10.3. The van der Waals surface area contributed by atoms with E-state index in [4.69, 9.17) is 35.0 Å². The van der Waals surface area contributed by atoms with Gasteiger partial charge in [0.05, 0.1) is 0 Å².